The first-order valence-electron chi connectivity index (χ1n) is 7.51. The van der Waals surface area contributed by atoms with E-state index < -0.39 is 5.97 Å². The third-order valence-corrected chi connectivity index (χ3v) is 3.90. The Bertz CT molecular complexity index is 484. The van der Waals surface area contributed by atoms with E-state index >= 15 is 0 Å². The standard InChI is InChI=1S/C16H24N2O3/c1-11(9-13-5-3-4-8-17-13)18-14-10-12(16(19)20)6-7-15(14)21-2/h6-7,10-11,13,17-18H,3-5,8-9H2,1-2H3,(H,19,20). The number of carbonyl (C=O) groups is 1. The van der Waals surface area contributed by atoms with E-state index in [4.69, 9.17) is 9.84 Å². The Hall–Kier alpha value is -1.75. The van der Waals surface area contributed by atoms with E-state index in [1.165, 1.54) is 19.3 Å². The largest absolute Gasteiger partial charge is 0.495 e. The molecule has 1 aliphatic rings. The highest BCUT2D eigenvalue weighted by atomic mass is 16.5. The van der Waals surface area contributed by atoms with Gasteiger partial charge in [0.1, 0.15) is 5.75 Å². The fourth-order valence-electron chi connectivity index (χ4n) is 2.83. The molecule has 0 saturated carbocycles. The van der Waals surface area contributed by atoms with Gasteiger partial charge in [0.2, 0.25) is 0 Å². The molecule has 2 unspecified atom stereocenters. The van der Waals surface area contributed by atoms with Crippen molar-refractivity contribution in [2.24, 2.45) is 0 Å². The number of carboxylic acids is 1. The van der Waals surface area contributed by atoms with Crippen LogP contribution < -0.4 is 15.4 Å². The van der Waals surface area contributed by atoms with Gasteiger partial charge in [-0.05, 0) is 50.9 Å². The topological polar surface area (TPSA) is 70.6 Å². The summed E-state index contributed by atoms with van der Waals surface area (Å²) in [7, 11) is 1.59. The lowest BCUT2D eigenvalue weighted by atomic mass is 9.98. The Morgan fingerprint density at radius 1 is 1.52 bits per heavy atom. The predicted molar refractivity (Wildman–Crippen MR) is 83.3 cm³/mol. The van der Waals surface area contributed by atoms with Crippen LogP contribution in [-0.4, -0.2) is 36.8 Å². The first-order valence-corrected chi connectivity index (χ1v) is 7.51. The van der Waals surface area contributed by atoms with Crippen LogP contribution in [0.5, 0.6) is 5.75 Å². The first-order chi connectivity index (χ1) is 10.1. The number of hydrogen-bond acceptors (Lipinski definition) is 4. The van der Waals surface area contributed by atoms with Gasteiger partial charge >= 0.3 is 5.97 Å². The Morgan fingerprint density at radius 3 is 2.95 bits per heavy atom. The van der Waals surface area contributed by atoms with Gasteiger partial charge in [-0.25, -0.2) is 4.79 Å². The lowest BCUT2D eigenvalue weighted by molar-refractivity contribution is 0.0697. The normalized spacial score (nSPS) is 19.8. The van der Waals surface area contributed by atoms with Crippen LogP contribution in [0.15, 0.2) is 18.2 Å². The molecule has 0 amide bonds. The molecule has 116 valence electrons. The summed E-state index contributed by atoms with van der Waals surface area (Å²) < 4.78 is 5.30. The molecule has 0 bridgehead atoms. The van der Waals surface area contributed by atoms with Gasteiger partial charge in [0.15, 0.2) is 0 Å². The maximum atomic E-state index is 11.1. The Morgan fingerprint density at radius 2 is 2.33 bits per heavy atom. The van der Waals surface area contributed by atoms with Crippen LogP contribution in [0.25, 0.3) is 0 Å². The predicted octanol–water partition coefficient (Wildman–Crippen LogP) is 2.73. The highest BCUT2D eigenvalue weighted by Gasteiger charge is 2.17. The van der Waals surface area contributed by atoms with E-state index in [1.54, 1.807) is 25.3 Å². The average Bonchev–Trinajstić information content (AvgIpc) is 2.48. The van der Waals surface area contributed by atoms with Gasteiger partial charge < -0.3 is 20.5 Å². The molecular weight excluding hydrogens is 268 g/mol. The maximum absolute atomic E-state index is 11.1. The molecule has 0 spiro atoms. The zero-order valence-corrected chi connectivity index (χ0v) is 12.7. The zero-order chi connectivity index (χ0) is 15.2. The summed E-state index contributed by atoms with van der Waals surface area (Å²) >= 11 is 0. The molecule has 1 fully saturated rings. The van der Waals surface area contributed by atoms with Crippen LogP contribution in [0.4, 0.5) is 5.69 Å². The second-order valence-electron chi connectivity index (χ2n) is 5.65. The molecule has 1 saturated heterocycles. The third kappa shape index (κ3) is 4.36. The fourth-order valence-corrected chi connectivity index (χ4v) is 2.83. The molecule has 5 heteroatoms. The fraction of sp³-hybridized carbons (Fsp3) is 0.562. The van der Waals surface area contributed by atoms with Gasteiger partial charge in [-0.15, -0.1) is 0 Å². The number of methoxy groups -OCH3 is 1. The SMILES string of the molecule is COc1ccc(C(=O)O)cc1NC(C)CC1CCCCN1. The van der Waals surface area contributed by atoms with Crippen molar-refractivity contribution in [1.29, 1.82) is 0 Å². The second-order valence-corrected chi connectivity index (χ2v) is 5.65. The Balaban J connectivity index is 2.02. The number of piperidine rings is 1. The second kappa shape index (κ2) is 7.31. The van der Waals surface area contributed by atoms with Crippen molar-refractivity contribution in [2.75, 3.05) is 19.0 Å². The number of aromatic carboxylic acids is 1. The van der Waals surface area contributed by atoms with E-state index in [-0.39, 0.29) is 11.6 Å². The number of hydrogen-bond donors (Lipinski definition) is 3. The molecule has 21 heavy (non-hydrogen) atoms. The van der Waals surface area contributed by atoms with Crippen LogP contribution in [0.2, 0.25) is 0 Å². The molecule has 1 aromatic carbocycles. The molecule has 3 N–H and O–H groups in total. The molecular formula is C16H24N2O3. The van der Waals surface area contributed by atoms with Crippen molar-refractivity contribution in [3.05, 3.63) is 23.8 Å². The summed E-state index contributed by atoms with van der Waals surface area (Å²) in [5.41, 5.74) is 1.00. The minimum absolute atomic E-state index is 0.249. The molecule has 0 radical (unpaired) electrons. The van der Waals surface area contributed by atoms with Gasteiger partial charge in [-0.2, -0.15) is 0 Å². The van der Waals surface area contributed by atoms with Crippen LogP contribution >= 0.6 is 0 Å². The van der Waals surface area contributed by atoms with Crippen LogP contribution in [0.1, 0.15) is 43.0 Å². The van der Waals surface area contributed by atoms with E-state index in [0.717, 1.165) is 18.7 Å². The number of rotatable bonds is 6. The van der Waals surface area contributed by atoms with Crippen molar-refractivity contribution in [3.8, 4) is 5.75 Å². The monoisotopic (exact) mass is 292 g/mol. The van der Waals surface area contributed by atoms with Gasteiger partial charge in [0.05, 0.1) is 18.4 Å². The summed E-state index contributed by atoms with van der Waals surface area (Å²) in [4.78, 5) is 11.1. The molecule has 1 aromatic rings. The molecule has 1 heterocycles. The Labute approximate surface area is 125 Å². The van der Waals surface area contributed by atoms with Crippen molar-refractivity contribution >= 4 is 11.7 Å². The van der Waals surface area contributed by atoms with Gasteiger partial charge in [-0.1, -0.05) is 6.42 Å². The van der Waals surface area contributed by atoms with Crippen LogP contribution in [0.3, 0.4) is 0 Å². The summed E-state index contributed by atoms with van der Waals surface area (Å²) in [6, 6.07) is 5.66. The summed E-state index contributed by atoms with van der Waals surface area (Å²) in [5.74, 6) is -0.259. The highest BCUT2D eigenvalue weighted by Crippen LogP contribution is 2.27. The smallest absolute Gasteiger partial charge is 0.335 e. The van der Waals surface area contributed by atoms with E-state index in [2.05, 4.69) is 17.6 Å². The van der Waals surface area contributed by atoms with E-state index in [9.17, 15) is 4.79 Å². The molecule has 0 aromatic heterocycles. The average molecular weight is 292 g/mol. The Kier molecular flexibility index (Phi) is 5.44. The lowest BCUT2D eigenvalue weighted by Crippen LogP contribution is -2.37. The molecule has 1 aliphatic heterocycles. The third-order valence-electron chi connectivity index (χ3n) is 3.90. The number of ether oxygens (including phenoxy) is 1. The van der Waals surface area contributed by atoms with Crippen LogP contribution in [-0.2, 0) is 0 Å². The number of benzene rings is 1. The van der Waals surface area contributed by atoms with Crippen molar-refractivity contribution in [3.63, 3.8) is 0 Å². The van der Waals surface area contributed by atoms with Crippen molar-refractivity contribution in [2.45, 2.75) is 44.7 Å². The molecule has 0 aliphatic carbocycles. The lowest BCUT2D eigenvalue weighted by Gasteiger charge is -2.27. The molecule has 2 rings (SSSR count). The van der Waals surface area contributed by atoms with Crippen LogP contribution in [0, 0.1) is 0 Å². The zero-order valence-electron chi connectivity index (χ0n) is 12.7. The van der Waals surface area contributed by atoms with Crippen molar-refractivity contribution < 1.29 is 14.6 Å². The van der Waals surface area contributed by atoms with Gasteiger partial charge in [0, 0.05) is 12.1 Å². The molecule has 2 atom stereocenters. The minimum atomic E-state index is -0.928. The molecule has 5 nitrogen and oxygen atoms in total. The van der Waals surface area contributed by atoms with Gasteiger partial charge in [0.25, 0.3) is 0 Å². The number of anilines is 1. The summed E-state index contributed by atoms with van der Waals surface area (Å²) in [6.45, 7) is 3.21. The van der Waals surface area contributed by atoms with Crippen molar-refractivity contribution in [1.82, 2.24) is 5.32 Å². The quantitative estimate of drug-likeness (QED) is 0.752. The summed E-state index contributed by atoms with van der Waals surface area (Å²) in [5, 5.41) is 16.0. The maximum Gasteiger partial charge on any atom is 0.335 e. The number of nitrogens with one attached hydrogen (secondary N) is 2. The minimum Gasteiger partial charge on any atom is -0.495 e. The summed E-state index contributed by atoms with van der Waals surface area (Å²) in [6.07, 6.45) is 4.76. The van der Waals surface area contributed by atoms with Gasteiger partial charge in [-0.3, -0.25) is 0 Å². The highest BCUT2D eigenvalue weighted by molar-refractivity contribution is 5.89. The number of carboxylic acid groups (broad SMARTS) is 1. The van der Waals surface area contributed by atoms with E-state index in [0.29, 0.717) is 11.8 Å². The first kappa shape index (κ1) is 15.6. The van der Waals surface area contributed by atoms with E-state index in [1.807, 2.05) is 0 Å².